The molecule has 146 valence electrons. The SMILES string of the molecule is O=C([O-])[C@H]1CCCC[C@H]1C(=O)N1CC[NH+](Cc2ccc3c(c2)OCO3)CC1. The third kappa shape index (κ3) is 3.88. The minimum atomic E-state index is -1.07. The van der Waals surface area contributed by atoms with Crippen molar-refractivity contribution in [3.63, 3.8) is 0 Å². The van der Waals surface area contributed by atoms with E-state index in [1.165, 1.54) is 10.5 Å². The van der Waals surface area contributed by atoms with Crippen LogP contribution in [-0.4, -0.2) is 49.7 Å². The van der Waals surface area contributed by atoms with E-state index in [0.717, 1.165) is 44.0 Å². The first-order valence-electron chi connectivity index (χ1n) is 9.83. The molecule has 27 heavy (non-hydrogen) atoms. The molecule has 7 nitrogen and oxygen atoms in total. The molecular formula is C20H26N2O5. The Labute approximate surface area is 158 Å². The van der Waals surface area contributed by atoms with Crippen LogP contribution in [0.1, 0.15) is 31.2 Å². The number of nitrogens with one attached hydrogen (secondary N) is 1. The third-order valence-electron chi connectivity index (χ3n) is 6.06. The van der Waals surface area contributed by atoms with Gasteiger partial charge in [-0.15, -0.1) is 0 Å². The van der Waals surface area contributed by atoms with E-state index in [0.29, 0.717) is 25.9 Å². The summed E-state index contributed by atoms with van der Waals surface area (Å²) < 4.78 is 10.8. The van der Waals surface area contributed by atoms with Crippen molar-refractivity contribution in [1.82, 2.24) is 4.90 Å². The van der Waals surface area contributed by atoms with Gasteiger partial charge in [-0.1, -0.05) is 12.8 Å². The Morgan fingerprint density at radius 3 is 2.52 bits per heavy atom. The molecule has 2 atom stereocenters. The molecule has 1 N–H and O–H groups in total. The number of nitrogens with zero attached hydrogens (tertiary/aromatic N) is 1. The Morgan fingerprint density at radius 1 is 1.07 bits per heavy atom. The Morgan fingerprint density at radius 2 is 1.78 bits per heavy atom. The third-order valence-corrected chi connectivity index (χ3v) is 6.06. The lowest BCUT2D eigenvalue weighted by Crippen LogP contribution is -3.13. The minimum Gasteiger partial charge on any atom is -0.550 e. The van der Waals surface area contributed by atoms with Crippen LogP contribution < -0.4 is 19.5 Å². The average molecular weight is 374 g/mol. The molecule has 2 fully saturated rings. The zero-order chi connectivity index (χ0) is 18.8. The van der Waals surface area contributed by atoms with Gasteiger partial charge in [-0.3, -0.25) is 4.79 Å². The highest BCUT2D eigenvalue weighted by molar-refractivity contribution is 5.84. The van der Waals surface area contributed by atoms with Crippen LogP contribution >= 0.6 is 0 Å². The average Bonchev–Trinajstić information content (AvgIpc) is 3.16. The van der Waals surface area contributed by atoms with Gasteiger partial charge in [-0.25, -0.2) is 0 Å². The molecule has 0 spiro atoms. The van der Waals surface area contributed by atoms with Crippen LogP contribution in [0, 0.1) is 11.8 Å². The summed E-state index contributed by atoms with van der Waals surface area (Å²) in [6.45, 7) is 4.24. The van der Waals surface area contributed by atoms with E-state index >= 15 is 0 Å². The number of quaternary nitrogens is 1. The van der Waals surface area contributed by atoms with Gasteiger partial charge in [0.2, 0.25) is 12.7 Å². The van der Waals surface area contributed by atoms with Gasteiger partial charge in [0.15, 0.2) is 11.5 Å². The second-order valence-electron chi connectivity index (χ2n) is 7.76. The van der Waals surface area contributed by atoms with E-state index < -0.39 is 17.8 Å². The largest absolute Gasteiger partial charge is 0.550 e. The summed E-state index contributed by atoms with van der Waals surface area (Å²) in [5.74, 6) is -0.499. The highest BCUT2D eigenvalue weighted by Crippen LogP contribution is 2.32. The number of carbonyl (C=O) groups excluding carboxylic acids is 2. The molecule has 1 saturated carbocycles. The number of aliphatic carboxylic acids is 1. The number of ether oxygens (including phenoxy) is 2. The standard InChI is InChI=1S/C20H26N2O5/c23-19(15-3-1-2-4-16(15)20(24)25)22-9-7-21(8-10-22)12-14-5-6-17-18(11-14)27-13-26-17/h5-6,11,15-16H,1-4,7-10,12-13H2,(H,24,25)/t15-,16+/m1/s1. The summed E-state index contributed by atoms with van der Waals surface area (Å²) in [4.78, 5) is 27.5. The summed E-state index contributed by atoms with van der Waals surface area (Å²) in [5.41, 5.74) is 1.19. The van der Waals surface area contributed by atoms with Gasteiger partial charge >= 0.3 is 0 Å². The lowest BCUT2D eigenvalue weighted by Gasteiger charge is -2.38. The summed E-state index contributed by atoms with van der Waals surface area (Å²) in [5, 5.41) is 11.4. The molecule has 0 bridgehead atoms. The van der Waals surface area contributed by atoms with Gasteiger partial charge < -0.3 is 29.2 Å². The van der Waals surface area contributed by atoms with Crippen LogP contribution in [0.2, 0.25) is 0 Å². The van der Waals surface area contributed by atoms with Crippen molar-refractivity contribution in [1.29, 1.82) is 0 Å². The predicted octanol–water partition coefficient (Wildman–Crippen LogP) is -0.801. The van der Waals surface area contributed by atoms with E-state index in [-0.39, 0.29) is 12.7 Å². The van der Waals surface area contributed by atoms with Crippen molar-refractivity contribution in [2.24, 2.45) is 11.8 Å². The number of hydrogen-bond donors (Lipinski definition) is 1. The molecule has 0 aromatic heterocycles. The molecule has 1 aliphatic carbocycles. The topological polar surface area (TPSA) is 83.3 Å². The first kappa shape index (κ1) is 18.1. The number of benzene rings is 1. The zero-order valence-electron chi connectivity index (χ0n) is 15.4. The van der Waals surface area contributed by atoms with Crippen molar-refractivity contribution in [2.45, 2.75) is 32.2 Å². The van der Waals surface area contributed by atoms with Gasteiger partial charge in [-0.2, -0.15) is 0 Å². The highest BCUT2D eigenvalue weighted by Gasteiger charge is 2.36. The summed E-state index contributed by atoms with van der Waals surface area (Å²) in [6, 6.07) is 6.03. The molecule has 3 aliphatic rings. The molecule has 1 amide bonds. The normalized spacial score (nSPS) is 25.4. The fourth-order valence-corrected chi connectivity index (χ4v) is 4.50. The number of carboxylic acid groups (broad SMARTS) is 1. The molecule has 4 rings (SSSR count). The van der Waals surface area contributed by atoms with E-state index in [1.807, 2.05) is 17.0 Å². The molecule has 1 saturated heterocycles. The second kappa shape index (κ2) is 7.76. The van der Waals surface area contributed by atoms with Gasteiger partial charge in [0, 0.05) is 23.4 Å². The fourth-order valence-electron chi connectivity index (χ4n) is 4.50. The monoisotopic (exact) mass is 374 g/mol. The Bertz CT molecular complexity index is 714. The minimum absolute atomic E-state index is 0.00558. The van der Waals surface area contributed by atoms with Gasteiger partial charge in [-0.05, 0) is 31.0 Å². The second-order valence-corrected chi connectivity index (χ2v) is 7.76. The maximum atomic E-state index is 12.9. The number of fused-ring (bicyclic) bond motifs is 1. The summed E-state index contributed by atoms with van der Waals surface area (Å²) in [6.07, 6.45) is 3.03. The number of amides is 1. The number of carboxylic acids is 1. The first-order chi connectivity index (χ1) is 13.1. The van der Waals surface area contributed by atoms with E-state index in [4.69, 9.17) is 9.47 Å². The van der Waals surface area contributed by atoms with E-state index in [1.54, 1.807) is 0 Å². The lowest BCUT2D eigenvalue weighted by molar-refractivity contribution is -0.917. The molecule has 7 heteroatoms. The van der Waals surface area contributed by atoms with Crippen LogP contribution in [0.15, 0.2) is 18.2 Å². The first-order valence-corrected chi connectivity index (χ1v) is 9.83. The fraction of sp³-hybridized carbons (Fsp3) is 0.600. The molecule has 1 aromatic carbocycles. The van der Waals surface area contributed by atoms with Gasteiger partial charge in [0.05, 0.1) is 26.2 Å². The van der Waals surface area contributed by atoms with Crippen LogP contribution in [0.25, 0.3) is 0 Å². The number of piperazine rings is 1. The Hall–Kier alpha value is -2.28. The number of rotatable bonds is 4. The van der Waals surface area contributed by atoms with Gasteiger partial charge in [0.25, 0.3) is 0 Å². The van der Waals surface area contributed by atoms with Crippen molar-refractivity contribution >= 4 is 11.9 Å². The van der Waals surface area contributed by atoms with Crippen molar-refractivity contribution in [2.75, 3.05) is 33.0 Å². The summed E-state index contributed by atoms with van der Waals surface area (Å²) in [7, 11) is 0. The van der Waals surface area contributed by atoms with Crippen molar-refractivity contribution in [3.8, 4) is 11.5 Å². The quantitative estimate of drug-likeness (QED) is 0.746. The Balaban J connectivity index is 1.32. The van der Waals surface area contributed by atoms with Crippen LogP contribution in [0.5, 0.6) is 11.5 Å². The van der Waals surface area contributed by atoms with Crippen LogP contribution in [0.3, 0.4) is 0 Å². The summed E-state index contributed by atoms with van der Waals surface area (Å²) >= 11 is 0. The number of hydrogen-bond acceptors (Lipinski definition) is 5. The van der Waals surface area contributed by atoms with Crippen molar-refractivity contribution < 1.29 is 29.1 Å². The number of carbonyl (C=O) groups is 2. The Kier molecular flexibility index (Phi) is 5.20. The highest BCUT2D eigenvalue weighted by atomic mass is 16.7. The smallest absolute Gasteiger partial charge is 0.231 e. The van der Waals surface area contributed by atoms with Gasteiger partial charge in [0.1, 0.15) is 6.54 Å². The predicted molar refractivity (Wildman–Crippen MR) is 94.0 cm³/mol. The van der Waals surface area contributed by atoms with Crippen molar-refractivity contribution in [3.05, 3.63) is 23.8 Å². The van der Waals surface area contributed by atoms with E-state index in [9.17, 15) is 14.7 Å². The maximum Gasteiger partial charge on any atom is 0.231 e. The van der Waals surface area contributed by atoms with Crippen LogP contribution in [-0.2, 0) is 16.1 Å². The molecule has 0 radical (unpaired) electrons. The molecular weight excluding hydrogens is 348 g/mol. The van der Waals surface area contributed by atoms with E-state index in [2.05, 4.69) is 6.07 Å². The zero-order valence-corrected chi connectivity index (χ0v) is 15.4. The van der Waals surface area contributed by atoms with Crippen LogP contribution in [0.4, 0.5) is 0 Å². The molecule has 2 heterocycles. The maximum absolute atomic E-state index is 12.9. The molecule has 1 aromatic rings. The molecule has 2 aliphatic heterocycles. The lowest BCUT2D eigenvalue weighted by atomic mass is 9.78. The molecule has 0 unspecified atom stereocenters.